The lowest BCUT2D eigenvalue weighted by molar-refractivity contribution is -0.114. The third-order valence-corrected chi connectivity index (χ3v) is 2.58. The first kappa shape index (κ1) is 12.7. The second kappa shape index (κ2) is 5.73. The van der Waals surface area contributed by atoms with E-state index in [1.54, 1.807) is 60.7 Å². The average molecular weight is 253 g/mol. The molecule has 0 aliphatic carbocycles. The fourth-order valence-electron chi connectivity index (χ4n) is 1.63. The van der Waals surface area contributed by atoms with Crippen molar-refractivity contribution < 1.29 is 14.4 Å². The fourth-order valence-corrected chi connectivity index (χ4v) is 1.63. The van der Waals surface area contributed by atoms with Crippen molar-refractivity contribution in [1.82, 2.24) is 4.90 Å². The molecule has 0 spiro atoms. The third kappa shape index (κ3) is 2.74. The summed E-state index contributed by atoms with van der Waals surface area (Å²) < 4.78 is 0. The van der Waals surface area contributed by atoms with E-state index in [1.165, 1.54) is 0 Å². The Bertz CT molecular complexity index is 542. The Balaban J connectivity index is 2.29. The highest BCUT2D eigenvalue weighted by atomic mass is 16.2. The molecule has 0 saturated heterocycles. The molecule has 0 heterocycles. The second-order valence-electron chi connectivity index (χ2n) is 3.82. The van der Waals surface area contributed by atoms with Crippen LogP contribution in [0.1, 0.15) is 20.7 Å². The molecule has 0 aliphatic heterocycles. The van der Waals surface area contributed by atoms with Crippen molar-refractivity contribution in [2.45, 2.75) is 0 Å². The van der Waals surface area contributed by atoms with Crippen LogP contribution in [0.25, 0.3) is 0 Å². The average Bonchev–Trinajstić information content (AvgIpc) is 2.49. The molecule has 4 nitrogen and oxygen atoms in total. The SMILES string of the molecule is O=CN(C(=O)c1ccccc1)C(=O)c1ccccc1. The summed E-state index contributed by atoms with van der Waals surface area (Å²) in [6.45, 7) is 0. The summed E-state index contributed by atoms with van der Waals surface area (Å²) in [7, 11) is 0. The molecule has 0 aromatic heterocycles. The van der Waals surface area contributed by atoms with Gasteiger partial charge in [0.15, 0.2) is 0 Å². The zero-order chi connectivity index (χ0) is 13.7. The molecule has 19 heavy (non-hydrogen) atoms. The number of imide groups is 3. The third-order valence-electron chi connectivity index (χ3n) is 2.58. The summed E-state index contributed by atoms with van der Waals surface area (Å²) in [6, 6.07) is 16.4. The van der Waals surface area contributed by atoms with Crippen molar-refractivity contribution in [2.24, 2.45) is 0 Å². The van der Waals surface area contributed by atoms with Gasteiger partial charge in [-0.05, 0) is 24.3 Å². The molecule has 94 valence electrons. The first-order valence-corrected chi connectivity index (χ1v) is 5.67. The van der Waals surface area contributed by atoms with Crippen LogP contribution in [0.3, 0.4) is 0 Å². The molecule has 2 aromatic rings. The van der Waals surface area contributed by atoms with Crippen molar-refractivity contribution in [1.29, 1.82) is 0 Å². The maximum Gasteiger partial charge on any atom is 0.267 e. The van der Waals surface area contributed by atoms with Crippen LogP contribution in [0, 0.1) is 0 Å². The van der Waals surface area contributed by atoms with Gasteiger partial charge in [0.2, 0.25) is 6.41 Å². The number of amides is 3. The number of rotatable bonds is 3. The minimum Gasteiger partial charge on any atom is -0.278 e. The van der Waals surface area contributed by atoms with Crippen LogP contribution in [0.2, 0.25) is 0 Å². The van der Waals surface area contributed by atoms with Crippen molar-refractivity contribution in [3.05, 3.63) is 71.8 Å². The monoisotopic (exact) mass is 253 g/mol. The van der Waals surface area contributed by atoms with Gasteiger partial charge in [-0.25, -0.2) is 4.90 Å². The Labute approximate surface area is 110 Å². The first-order valence-electron chi connectivity index (χ1n) is 5.67. The van der Waals surface area contributed by atoms with Gasteiger partial charge >= 0.3 is 0 Å². The molecular formula is C15H11NO3. The molecule has 3 amide bonds. The molecular weight excluding hydrogens is 242 g/mol. The van der Waals surface area contributed by atoms with Gasteiger partial charge in [0, 0.05) is 11.1 Å². The van der Waals surface area contributed by atoms with Gasteiger partial charge in [-0.1, -0.05) is 36.4 Å². The minimum absolute atomic E-state index is 0.241. The van der Waals surface area contributed by atoms with E-state index < -0.39 is 11.8 Å². The Morgan fingerprint density at radius 3 is 1.42 bits per heavy atom. The van der Waals surface area contributed by atoms with Gasteiger partial charge in [-0.2, -0.15) is 0 Å². The lowest BCUT2D eigenvalue weighted by atomic mass is 10.1. The summed E-state index contributed by atoms with van der Waals surface area (Å²) >= 11 is 0. The van der Waals surface area contributed by atoms with E-state index in [9.17, 15) is 14.4 Å². The molecule has 0 bridgehead atoms. The van der Waals surface area contributed by atoms with Crippen LogP contribution in [-0.4, -0.2) is 23.1 Å². The molecule has 2 aromatic carbocycles. The van der Waals surface area contributed by atoms with E-state index in [1.807, 2.05) is 0 Å². The molecule has 0 N–H and O–H groups in total. The van der Waals surface area contributed by atoms with E-state index in [2.05, 4.69) is 0 Å². The Morgan fingerprint density at radius 1 is 0.737 bits per heavy atom. The Kier molecular flexibility index (Phi) is 3.83. The normalized spacial score (nSPS) is 9.68. The summed E-state index contributed by atoms with van der Waals surface area (Å²) in [5, 5.41) is 0. The van der Waals surface area contributed by atoms with Crippen molar-refractivity contribution in [2.75, 3.05) is 0 Å². The molecule has 0 aliphatic rings. The van der Waals surface area contributed by atoms with Crippen LogP contribution in [-0.2, 0) is 4.79 Å². The van der Waals surface area contributed by atoms with Gasteiger partial charge < -0.3 is 0 Å². The van der Waals surface area contributed by atoms with Gasteiger partial charge in [-0.15, -0.1) is 0 Å². The van der Waals surface area contributed by atoms with Crippen LogP contribution < -0.4 is 0 Å². The highest BCUT2D eigenvalue weighted by Crippen LogP contribution is 2.08. The predicted octanol–water partition coefficient (Wildman–Crippen LogP) is 2.13. The molecule has 0 saturated carbocycles. The van der Waals surface area contributed by atoms with Crippen LogP contribution in [0.5, 0.6) is 0 Å². The number of hydrogen-bond acceptors (Lipinski definition) is 3. The zero-order valence-corrected chi connectivity index (χ0v) is 10.0. The largest absolute Gasteiger partial charge is 0.278 e. The highest BCUT2D eigenvalue weighted by Gasteiger charge is 2.23. The van der Waals surface area contributed by atoms with E-state index in [4.69, 9.17) is 0 Å². The standard InChI is InChI=1S/C15H11NO3/c17-11-16(14(18)12-7-3-1-4-8-12)15(19)13-9-5-2-6-10-13/h1-11H. The summed E-state index contributed by atoms with van der Waals surface area (Å²) in [6.07, 6.45) is 0.241. The number of hydrogen-bond donors (Lipinski definition) is 0. The number of nitrogens with zero attached hydrogens (tertiary/aromatic N) is 1. The van der Waals surface area contributed by atoms with E-state index >= 15 is 0 Å². The van der Waals surface area contributed by atoms with Crippen LogP contribution >= 0.6 is 0 Å². The van der Waals surface area contributed by atoms with Crippen LogP contribution in [0.4, 0.5) is 0 Å². The van der Waals surface area contributed by atoms with E-state index in [0.29, 0.717) is 16.0 Å². The number of carbonyl (C=O) groups excluding carboxylic acids is 3. The molecule has 2 rings (SSSR count). The topological polar surface area (TPSA) is 54.5 Å². The molecule has 0 radical (unpaired) electrons. The van der Waals surface area contributed by atoms with Crippen molar-refractivity contribution in [3.63, 3.8) is 0 Å². The van der Waals surface area contributed by atoms with E-state index in [-0.39, 0.29) is 6.41 Å². The van der Waals surface area contributed by atoms with Crippen LogP contribution in [0.15, 0.2) is 60.7 Å². The maximum atomic E-state index is 12.1. The smallest absolute Gasteiger partial charge is 0.267 e. The lowest BCUT2D eigenvalue weighted by Crippen LogP contribution is -2.35. The Hall–Kier alpha value is -2.75. The number of benzene rings is 2. The molecule has 0 unspecified atom stereocenters. The summed E-state index contributed by atoms with van der Waals surface area (Å²) in [4.78, 5) is 35.7. The summed E-state index contributed by atoms with van der Waals surface area (Å²) in [5.41, 5.74) is 0.581. The first-order chi connectivity index (χ1) is 9.24. The van der Waals surface area contributed by atoms with Gasteiger partial charge in [0.1, 0.15) is 0 Å². The van der Waals surface area contributed by atoms with E-state index in [0.717, 1.165) is 0 Å². The quantitative estimate of drug-likeness (QED) is 0.622. The molecule has 0 fully saturated rings. The summed E-state index contributed by atoms with van der Waals surface area (Å²) in [5.74, 6) is -1.27. The predicted molar refractivity (Wildman–Crippen MR) is 69.4 cm³/mol. The lowest BCUT2D eigenvalue weighted by Gasteiger charge is -2.13. The van der Waals surface area contributed by atoms with Crippen molar-refractivity contribution >= 4 is 18.2 Å². The maximum absolute atomic E-state index is 12.1. The van der Waals surface area contributed by atoms with Gasteiger partial charge in [0.05, 0.1) is 0 Å². The zero-order valence-electron chi connectivity index (χ0n) is 10.0. The molecule has 0 atom stereocenters. The van der Waals surface area contributed by atoms with Crippen molar-refractivity contribution in [3.8, 4) is 0 Å². The highest BCUT2D eigenvalue weighted by molar-refractivity contribution is 6.16. The van der Waals surface area contributed by atoms with Gasteiger partial charge in [-0.3, -0.25) is 14.4 Å². The van der Waals surface area contributed by atoms with Gasteiger partial charge in [0.25, 0.3) is 11.8 Å². The number of carbonyl (C=O) groups is 3. The molecule has 4 heteroatoms. The minimum atomic E-state index is -0.635. The fraction of sp³-hybridized carbons (Fsp3) is 0. The second-order valence-corrected chi connectivity index (χ2v) is 3.82. The Morgan fingerprint density at radius 2 is 1.11 bits per heavy atom.